The minimum atomic E-state index is -0.144. The molecule has 1 saturated heterocycles. The largest absolute Gasteiger partial charge is 0.508 e. The number of hydrogen-bond acceptors (Lipinski definition) is 6. The third-order valence-corrected chi connectivity index (χ3v) is 5.06. The summed E-state index contributed by atoms with van der Waals surface area (Å²) in [6.07, 6.45) is 1.77. The molecule has 0 radical (unpaired) electrons. The van der Waals surface area contributed by atoms with Crippen LogP contribution in [0.2, 0.25) is 0 Å². The molecule has 5 nitrogen and oxygen atoms in total. The molecule has 7 heteroatoms. The summed E-state index contributed by atoms with van der Waals surface area (Å²) in [6, 6.07) is 14.2. The number of hydrogen-bond donors (Lipinski definition) is 2. The lowest BCUT2D eigenvalue weighted by atomic mass is 10.2. The summed E-state index contributed by atoms with van der Waals surface area (Å²) in [7, 11) is 0. The number of phenols is 1. The molecule has 1 amide bonds. The molecule has 1 heterocycles. The molecule has 2 N–H and O–H groups in total. The summed E-state index contributed by atoms with van der Waals surface area (Å²) in [5, 5.41) is 12.6. The topological polar surface area (TPSA) is 61.8 Å². The molecule has 1 fully saturated rings. The van der Waals surface area contributed by atoms with E-state index >= 15 is 0 Å². The number of aromatic hydroxyl groups is 1. The molecule has 0 saturated carbocycles. The molecule has 0 aliphatic carbocycles. The van der Waals surface area contributed by atoms with Crippen molar-refractivity contribution < 1.29 is 14.6 Å². The zero-order valence-corrected chi connectivity index (χ0v) is 15.8. The van der Waals surface area contributed by atoms with Crippen LogP contribution < -0.4 is 10.1 Å². The van der Waals surface area contributed by atoms with E-state index in [0.29, 0.717) is 15.8 Å². The van der Waals surface area contributed by atoms with Gasteiger partial charge < -0.3 is 15.2 Å². The number of para-hydroxylation sites is 2. The molecular weight excluding hydrogens is 368 g/mol. The molecule has 1 aliphatic rings. The van der Waals surface area contributed by atoms with Gasteiger partial charge >= 0.3 is 0 Å². The fourth-order valence-corrected chi connectivity index (χ4v) is 3.67. The Bertz CT molecular complexity index is 850. The van der Waals surface area contributed by atoms with Crippen LogP contribution in [0.1, 0.15) is 12.5 Å². The SMILES string of the molecule is CCOc1ccccc1NCN1C(=O)/C(=C/c2ccc(O)cc2)SC1=S. The lowest BCUT2D eigenvalue weighted by molar-refractivity contribution is -0.121. The van der Waals surface area contributed by atoms with Gasteiger partial charge in [0.25, 0.3) is 5.91 Å². The molecule has 2 aromatic rings. The molecule has 0 aromatic heterocycles. The maximum absolute atomic E-state index is 12.6. The molecule has 1 aliphatic heterocycles. The molecule has 134 valence electrons. The summed E-state index contributed by atoms with van der Waals surface area (Å²) in [4.78, 5) is 14.7. The van der Waals surface area contributed by atoms with Crippen molar-refractivity contribution in [3.05, 3.63) is 59.0 Å². The Balaban J connectivity index is 1.71. The Hall–Kier alpha value is -2.51. The second-order valence-corrected chi connectivity index (χ2v) is 7.14. The van der Waals surface area contributed by atoms with Gasteiger partial charge in [0.1, 0.15) is 15.8 Å². The third kappa shape index (κ3) is 4.17. The lowest BCUT2D eigenvalue weighted by Crippen LogP contribution is -2.33. The van der Waals surface area contributed by atoms with Gasteiger partial charge in [-0.1, -0.05) is 48.2 Å². The quantitative estimate of drug-likeness (QED) is 0.577. The Morgan fingerprint density at radius 1 is 1.23 bits per heavy atom. The number of nitrogens with zero attached hydrogens (tertiary/aromatic N) is 1. The number of phenolic OH excluding ortho intramolecular Hbond substituents is 1. The fraction of sp³-hybridized carbons (Fsp3) is 0.158. The van der Waals surface area contributed by atoms with E-state index in [1.54, 1.807) is 30.3 Å². The van der Waals surface area contributed by atoms with Crippen molar-refractivity contribution >= 4 is 46.0 Å². The standard InChI is InChI=1S/C19H18N2O3S2/c1-2-24-16-6-4-3-5-15(16)20-12-21-18(23)17(26-19(21)25)11-13-7-9-14(22)10-8-13/h3-11,20,22H,2,12H2,1H3/b17-11-. The highest BCUT2D eigenvalue weighted by molar-refractivity contribution is 8.26. The fourth-order valence-electron chi connectivity index (χ4n) is 2.42. The minimum Gasteiger partial charge on any atom is -0.508 e. The number of rotatable bonds is 6. The molecule has 0 spiro atoms. The van der Waals surface area contributed by atoms with E-state index in [9.17, 15) is 9.90 Å². The molecule has 0 unspecified atom stereocenters. The van der Waals surface area contributed by atoms with Crippen LogP contribution in [0, 0.1) is 0 Å². The lowest BCUT2D eigenvalue weighted by Gasteiger charge is -2.18. The summed E-state index contributed by atoms with van der Waals surface area (Å²) in [5.74, 6) is 0.779. The van der Waals surface area contributed by atoms with E-state index in [0.717, 1.165) is 17.0 Å². The number of nitrogens with one attached hydrogen (secondary N) is 1. The second-order valence-electron chi connectivity index (χ2n) is 5.47. The van der Waals surface area contributed by atoms with E-state index in [-0.39, 0.29) is 18.3 Å². The number of benzene rings is 2. The first-order chi connectivity index (χ1) is 12.6. The number of carbonyl (C=O) groups is 1. The number of ether oxygens (including phenoxy) is 1. The van der Waals surface area contributed by atoms with Crippen LogP contribution in [0.3, 0.4) is 0 Å². The van der Waals surface area contributed by atoms with Gasteiger partial charge in [-0.05, 0) is 42.8 Å². The van der Waals surface area contributed by atoms with E-state index < -0.39 is 0 Å². The van der Waals surface area contributed by atoms with Gasteiger partial charge in [0.05, 0.1) is 23.9 Å². The summed E-state index contributed by atoms with van der Waals surface area (Å²) < 4.78 is 6.08. The van der Waals surface area contributed by atoms with Gasteiger partial charge in [0.15, 0.2) is 0 Å². The first-order valence-electron chi connectivity index (χ1n) is 8.08. The highest BCUT2D eigenvalue weighted by Gasteiger charge is 2.31. The van der Waals surface area contributed by atoms with Crippen LogP contribution in [0.5, 0.6) is 11.5 Å². The van der Waals surface area contributed by atoms with Crippen molar-refractivity contribution in [3.63, 3.8) is 0 Å². The number of amides is 1. The van der Waals surface area contributed by atoms with Gasteiger partial charge in [-0.25, -0.2) is 0 Å². The van der Waals surface area contributed by atoms with Crippen molar-refractivity contribution in [1.82, 2.24) is 4.90 Å². The molecule has 3 rings (SSSR count). The van der Waals surface area contributed by atoms with E-state index in [4.69, 9.17) is 17.0 Å². The zero-order valence-electron chi connectivity index (χ0n) is 14.1. The molecule has 0 bridgehead atoms. The second kappa shape index (κ2) is 8.25. The molecule has 26 heavy (non-hydrogen) atoms. The predicted octanol–water partition coefficient (Wildman–Crippen LogP) is 4.06. The molecule has 2 aromatic carbocycles. The number of anilines is 1. The number of thioether (sulfide) groups is 1. The normalized spacial score (nSPS) is 15.6. The van der Waals surface area contributed by atoms with E-state index in [1.807, 2.05) is 31.2 Å². The van der Waals surface area contributed by atoms with Gasteiger partial charge in [0, 0.05) is 0 Å². The van der Waals surface area contributed by atoms with Gasteiger partial charge in [-0.3, -0.25) is 9.69 Å². The van der Waals surface area contributed by atoms with E-state index in [1.165, 1.54) is 16.7 Å². The first kappa shape index (κ1) is 18.3. The average Bonchev–Trinajstić information content (AvgIpc) is 2.90. The zero-order chi connectivity index (χ0) is 18.5. The van der Waals surface area contributed by atoms with Crippen LogP contribution in [-0.2, 0) is 4.79 Å². The predicted molar refractivity (Wildman–Crippen MR) is 109 cm³/mol. The summed E-state index contributed by atoms with van der Waals surface area (Å²) >= 11 is 6.61. The van der Waals surface area contributed by atoms with Crippen LogP contribution >= 0.6 is 24.0 Å². The minimum absolute atomic E-state index is 0.144. The van der Waals surface area contributed by atoms with Gasteiger partial charge in [-0.15, -0.1) is 0 Å². The van der Waals surface area contributed by atoms with Crippen molar-refractivity contribution in [2.24, 2.45) is 0 Å². The van der Waals surface area contributed by atoms with Crippen molar-refractivity contribution in [1.29, 1.82) is 0 Å². The highest BCUT2D eigenvalue weighted by Crippen LogP contribution is 2.33. The number of thiocarbonyl (C=S) groups is 1. The molecule has 0 atom stereocenters. The Labute approximate surface area is 161 Å². The highest BCUT2D eigenvalue weighted by atomic mass is 32.2. The monoisotopic (exact) mass is 386 g/mol. The summed E-state index contributed by atoms with van der Waals surface area (Å²) in [6.45, 7) is 2.75. The van der Waals surface area contributed by atoms with Crippen LogP contribution in [0.25, 0.3) is 6.08 Å². The Morgan fingerprint density at radius 3 is 2.69 bits per heavy atom. The van der Waals surface area contributed by atoms with Crippen LogP contribution in [-0.4, -0.2) is 33.5 Å². The van der Waals surface area contributed by atoms with Gasteiger partial charge in [-0.2, -0.15) is 0 Å². The van der Waals surface area contributed by atoms with Crippen molar-refractivity contribution in [2.45, 2.75) is 6.92 Å². The van der Waals surface area contributed by atoms with Crippen LogP contribution in [0.4, 0.5) is 5.69 Å². The first-order valence-corrected chi connectivity index (χ1v) is 9.31. The maximum Gasteiger partial charge on any atom is 0.267 e. The van der Waals surface area contributed by atoms with E-state index in [2.05, 4.69) is 5.32 Å². The smallest absolute Gasteiger partial charge is 0.267 e. The van der Waals surface area contributed by atoms with Crippen LogP contribution in [0.15, 0.2) is 53.4 Å². The summed E-state index contributed by atoms with van der Waals surface area (Å²) in [5.41, 5.74) is 1.64. The Kier molecular flexibility index (Phi) is 5.80. The van der Waals surface area contributed by atoms with Crippen molar-refractivity contribution in [2.75, 3.05) is 18.6 Å². The van der Waals surface area contributed by atoms with Gasteiger partial charge in [0.2, 0.25) is 0 Å². The molecular formula is C19H18N2O3S2. The average molecular weight is 386 g/mol. The van der Waals surface area contributed by atoms with Crippen molar-refractivity contribution in [3.8, 4) is 11.5 Å². The Morgan fingerprint density at radius 2 is 1.96 bits per heavy atom. The third-order valence-electron chi connectivity index (χ3n) is 3.68. The maximum atomic E-state index is 12.6. The number of carbonyl (C=O) groups excluding carboxylic acids is 1.